The van der Waals surface area contributed by atoms with E-state index < -0.39 is 0 Å². The number of benzene rings is 2. The van der Waals surface area contributed by atoms with Crippen LogP contribution in [-0.4, -0.2) is 54.5 Å². The van der Waals surface area contributed by atoms with Gasteiger partial charge < -0.3 is 34.5 Å². The maximum absolute atomic E-state index is 12.5. The lowest BCUT2D eigenvalue weighted by Crippen LogP contribution is -2.29. The van der Waals surface area contributed by atoms with Gasteiger partial charge in [0, 0.05) is 54.8 Å². The fourth-order valence-electron chi connectivity index (χ4n) is 6.10. The first-order chi connectivity index (χ1) is 21.3. The molecule has 2 aromatic carbocycles. The molecule has 2 atom stereocenters. The molecule has 1 saturated heterocycles. The van der Waals surface area contributed by atoms with Crippen molar-refractivity contribution in [2.24, 2.45) is 0 Å². The first-order valence-corrected chi connectivity index (χ1v) is 15.2. The molecule has 0 aliphatic carbocycles. The number of aromatic nitrogens is 2. The summed E-state index contributed by atoms with van der Waals surface area (Å²) in [6.07, 6.45) is 1.80. The third-order valence-electron chi connectivity index (χ3n) is 8.13. The van der Waals surface area contributed by atoms with Gasteiger partial charge in [0.05, 0.1) is 30.6 Å². The fourth-order valence-corrected chi connectivity index (χ4v) is 6.44. The summed E-state index contributed by atoms with van der Waals surface area (Å²) in [7, 11) is 3.06. The molecule has 0 unspecified atom stereocenters. The van der Waals surface area contributed by atoms with E-state index in [1.54, 1.807) is 13.3 Å². The molecule has 0 bridgehead atoms. The number of aryl methyl sites for hydroxylation is 1. The number of hydrogen-bond acceptors (Lipinski definition) is 6. The number of nitrogens with one attached hydrogen (secondary N) is 2. The SMILES string of the molecule is CCN(CC)c1ccc(-n2c(C)cc([C@@H]3[C@@H](c4ccccn4)NC(=S)N3c3ccc(OC)c(NC(=O)COC)c3)c2C)cc1. The molecule has 1 aliphatic heterocycles. The minimum atomic E-state index is -0.274. The lowest BCUT2D eigenvalue weighted by molar-refractivity contribution is -0.119. The van der Waals surface area contributed by atoms with Crippen molar-refractivity contribution in [3.05, 3.63) is 95.6 Å². The van der Waals surface area contributed by atoms with Crippen molar-refractivity contribution in [2.75, 3.05) is 49.0 Å². The second-order valence-corrected chi connectivity index (χ2v) is 11.1. The van der Waals surface area contributed by atoms with Crippen LogP contribution in [0.15, 0.2) is 72.9 Å². The zero-order chi connectivity index (χ0) is 31.4. The van der Waals surface area contributed by atoms with Crippen LogP contribution >= 0.6 is 12.2 Å². The molecule has 3 heterocycles. The second-order valence-electron chi connectivity index (χ2n) is 10.7. The molecule has 0 saturated carbocycles. The van der Waals surface area contributed by atoms with Gasteiger partial charge in [-0.15, -0.1) is 0 Å². The van der Waals surface area contributed by atoms with Crippen molar-refractivity contribution >= 4 is 40.3 Å². The van der Waals surface area contributed by atoms with Gasteiger partial charge in [0.2, 0.25) is 5.91 Å². The Hall–Kier alpha value is -4.41. The number of pyridine rings is 1. The van der Waals surface area contributed by atoms with E-state index in [2.05, 4.69) is 83.0 Å². The van der Waals surface area contributed by atoms with Gasteiger partial charge in [-0.2, -0.15) is 0 Å². The van der Waals surface area contributed by atoms with E-state index in [-0.39, 0.29) is 24.6 Å². The van der Waals surface area contributed by atoms with E-state index in [0.29, 0.717) is 16.5 Å². The van der Waals surface area contributed by atoms with E-state index in [0.717, 1.165) is 47.1 Å². The first kappa shape index (κ1) is 31.0. The summed E-state index contributed by atoms with van der Waals surface area (Å²) in [5.41, 5.74) is 7.90. The van der Waals surface area contributed by atoms with Crippen molar-refractivity contribution in [3.8, 4) is 11.4 Å². The van der Waals surface area contributed by atoms with Crippen LogP contribution in [0, 0.1) is 13.8 Å². The lowest BCUT2D eigenvalue weighted by Gasteiger charge is -2.29. The Kier molecular flexibility index (Phi) is 9.51. The lowest BCUT2D eigenvalue weighted by atomic mass is 9.96. The van der Waals surface area contributed by atoms with Crippen LogP contribution in [0.1, 0.15) is 48.6 Å². The van der Waals surface area contributed by atoms with Gasteiger partial charge in [0.1, 0.15) is 12.4 Å². The van der Waals surface area contributed by atoms with Crippen molar-refractivity contribution < 1.29 is 14.3 Å². The van der Waals surface area contributed by atoms with E-state index in [9.17, 15) is 4.79 Å². The average Bonchev–Trinajstić information content (AvgIpc) is 3.53. The Bertz CT molecular complexity index is 1620. The Morgan fingerprint density at radius 2 is 1.75 bits per heavy atom. The molecule has 1 aliphatic rings. The number of methoxy groups -OCH3 is 2. The molecule has 4 aromatic rings. The summed E-state index contributed by atoms with van der Waals surface area (Å²) in [4.78, 5) is 21.6. The summed E-state index contributed by atoms with van der Waals surface area (Å²) < 4.78 is 12.9. The van der Waals surface area contributed by atoms with Crippen LogP contribution in [0.5, 0.6) is 5.75 Å². The van der Waals surface area contributed by atoms with Gasteiger partial charge in [-0.3, -0.25) is 9.78 Å². The van der Waals surface area contributed by atoms with Crippen LogP contribution in [0.4, 0.5) is 17.1 Å². The Morgan fingerprint density at radius 3 is 2.39 bits per heavy atom. The number of rotatable bonds is 11. The zero-order valence-electron chi connectivity index (χ0n) is 26.1. The Labute approximate surface area is 264 Å². The van der Waals surface area contributed by atoms with Crippen molar-refractivity contribution in [3.63, 3.8) is 0 Å². The highest BCUT2D eigenvalue weighted by Gasteiger charge is 2.42. The summed E-state index contributed by atoms with van der Waals surface area (Å²) in [6, 6.07) is 22.2. The Balaban J connectivity index is 1.61. The maximum Gasteiger partial charge on any atom is 0.250 e. The smallest absolute Gasteiger partial charge is 0.250 e. The number of nitrogens with zero attached hydrogens (tertiary/aromatic N) is 4. The van der Waals surface area contributed by atoms with Crippen LogP contribution in [-0.2, 0) is 9.53 Å². The second kappa shape index (κ2) is 13.5. The summed E-state index contributed by atoms with van der Waals surface area (Å²) in [5.74, 6) is 0.268. The standard InChI is InChI=1S/C34H40N6O3S/c1-7-38(8-2)24-12-14-25(15-13-24)39-22(3)19-27(23(39)4)33-32(28-11-9-10-18-35-28)37-34(44)40(33)26-16-17-30(43-6)29(20-26)36-31(41)21-42-5/h9-20,32-33H,7-8,21H2,1-6H3,(H,36,41)(H,37,44)/t32-,33-/m1/s1. The monoisotopic (exact) mass is 612 g/mol. The molecule has 2 aromatic heterocycles. The molecule has 2 N–H and O–H groups in total. The number of carbonyl (C=O) groups is 1. The number of amides is 1. The number of anilines is 3. The highest BCUT2D eigenvalue weighted by molar-refractivity contribution is 7.80. The van der Waals surface area contributed by atoms with Crippen LogP contribution < -0.4 is 25.2 Å². The highest BCUT2D eigenvalue weighted by atomic mass is 32.1. The maximum atomic E-state index is 12.5. The van der Waals surface area contributed by atoms with E-state index in [4.69, 9.17) is 26.7 Å². The third kappa shape index (κ3) is 6.00. The molecule has 9 nitrogen and oxygen atoms in total. The minimum Gasteiger partial charge on any atom is -0.495 e. The van der Waals surface area contributed by atoms with Gasteiger partial charge in [0.25, 0.3) is 0 Å². The van der Waals surface area contributed by atoms with E-state index >= 15 is 0 Å². The zero-order valence-corrected chi connectivity index (χ0v) is 26.9. The van der Waals surface area contributed by atoms with Gasteiger partial charge in [-0.25, -0.2) is 0 Å². The number of carbonyl (C=O) groups excluding carboxylic acids is 1. The molecule has 10 heteroatoms. The molecule has 5 rings (SSSR count). The molecule has 1 amide bonds. The molecule has 1 fully saturated rings. The van der Waals surface area contributed by atoms with Crippen LogP contribution in [0.25, 0.3) is 5.69 Å². The number of ether oxygens (including phenoxy) is 2. The van der Waals surface area contributed by atoms with Gasteiger partial charge in [-0.05, 0) is 106 Å². The first-order valence-electron chi connectivity index (χ1n) is 14.8. The quantitative estimate of drug-likeness (QED) is 0.197. The molecule has 0 radical (unpaired) electrons. The third-order valence-corrected chi connectivity index (χ3v) is 8.45. The molecular formula is C34H40N6O3S. The van der Waals surface area contributed by atoms with Crippen LogP contribution in [0.3, 0.4) is 0 Å². The Morgan fingerprint density at radius 1 is 1.02 bits per heavy atom. The molecule has 230 valence electrons. The largest absolute Gasteiger partial charge is 0.495 e. The summed E-state index contributed by atoms with van der Waals surface area (Å²) in [5, 5.41) is 7.02. The molecular weight excluding hydrogens is 572 g/mol. The van der Waals surface area contributed by atoms with Crippen molar-refractivity contribution in [1.29, 1.82) is 0 Å². The minimum absolute atomic E-state index is 0.0661. The normalized spacial score (nSPS) is 16.1. The molecule has 0 spiro atoms. The summed E-state index contributed by atoms with van der Waals surface area (Å²) >= 11 is 5.99. The summed E-state index contributed by atoms with van der Waals surface area (Å²) in [6.45, 7) is 10.5. The van der Waals surface area contributed by atoms with E-state index in [1.807, 2.05) is 36.4 Å². The van der Waals surface area contributed by atoms with Crippen molar-refractivity contribution in [1.82, 2.24) is 14.9 Å². The van der Waals surface area contributed by atoms with Crippen LogP contribution in [0.2, 0.25) is 0 Å². The fraction of sp³-hybridized carbons (Fsp3) is 0.324. The van der Waals surface area contributed by atoms with Gasteiger partial charge in [0.15, 0.2) is 5.11 Å². The molecule has 44 heavy (non-hydrogen) atoms. The van der Waals surface area contributed by atoms with Crippen molar-refractivity contribution in [2.45, 2.75) is 39.8 Å². The predicted octanol–water partition coefficient (Wildman–Crippen LogP) is 6.11. The highest BCUT2D eigenvalue weighted by Crippen LogP contribution is 2.45. The average molecular weight is 613 g/mol. The van der Waals surface area contributed by atoms with Gasteiger partial charge >= 0.3 is 0 Å². The predicted molar refractivity (Wildman–Crippen MR) is 180 cm³/mol. The number of thiocarbonyl (C=S) groups is 1. The van der Waals surface area contributed by atoms with E-state index in [1.165, 1.54) is 12.8 Å². The number of hydrogen-bond donors (Lipinski definition) is 2. The van der Waals surface area contributed by atoms with Gasteiger partial charge in [-0.1, -0.05) is 6.07 Å². The topological polar surface area (TPSA) is 83.9 Å².